The first kappa shape index (κ1) is 24.7. The predicted molar refractivity (Wildman–Crippen MR) is 114 cm³/mol. The Kier molecular flexibility index (Phi) is 7.90. The Morgan fingerprint density at radius 1 is 0.857 bits per heavy atom. The summed E-state index contributed by atoms with van der Waals surface area (Å²) in [6.07, 6.45) is -0.825. The van der Waals surface area contributed by atoms with Crippen molar-refractivity contribution >= 4 is 31.9 Å². The molecule has 0 bridgehead atoms. The fourth-order valence-electron chi connectivity index (χ4n) is 2.44. The molecule has 1 aromatic rings. The highest BCUT2D eigenvalue weighted by molar-refractivity contribution is 6.69. The van der Waals surface area contributed by atoms with Gasteiger partial charge in [-0.1, -0.05) is 23.7 Å². The van der Waals surface area contributed by atoms with Gasteiger partial charge in [0.15, 0.2) is 14.2 Å². The summed E-state index contributed by atoms with van der Waals surface area (Å²) in [5.74, 6) is -2.58. The number of carbonyl (C=O) groups is 2. The smallest absolute Gasteiger partial charge is 0.323 e. The Hall–Kier alpha value is -1.37. The zero-order valence-electron chi connectivity index (χ0n) is 18.4. The van der Waals surface area contributed by atoms with Crippen LogP contribution in [-0.4, -0.2) is 31.5 Å². The van der Waals surface area contributed by atoms with Crippen molar-refractivity contribution in [2.75, 3.05) is 0 Å². The summed E-state index contributed by atoms with van der Waals surface area (Å²) in [4.78, 5) is 26.1. The van der Waals surface area contributed by atoms with Crippen molar-refractivity contribution in [3.8, 4) is 0 Å². The average molecular weight is 429 g/mol. The van der Waals surface area contributed by atoms with Gasteiger partial charge in [-0.2, -0.15) is 0 Å². The maximum atomic E-state index is 13.0. The fourth-order valence-corrected chi connectivity index (χ4v) is 3.60. The van der Waals surface area contributed by atoms with Crippen LogP contribution in [0.3, 0.4) is 0 Å². The van der Waals surface area contributed by atoms with E-state index in [1.54, 1.807) is 65.8 Å². The van der Waals surface area contributed by atoms with Crippen molar-refractivity contribution in [1.82, 2.24) is 0 Å². The van der Waals surface area contributed by atoms with Gasteiger partial charge in [-0.05, 0) is 78.9 Å². The number of halogens is 1. The molecule has 0 heterocycles. The molecular weight excluding hydrogens is 396 g/mol. The third-order valence-electron chi connectivity index (χ3n) is 3.30. The van der Waals surface area contributed by atoms with Gasteiger partial charge < -0.3 is 13.9 Å². The summed E-state index contributed by atoms with van der Waals surface area (Å²) >= 11 is 6.01. The summed E-state index contributed by atoms with van der Waals surface area (Å²) in [5, 5.41) is 0.557. The molecule has 1 rings (SSSR count). The van der Waals surface area contributed by atoms with Gasteiger partial charge in [-0.3, -0.25) is 9.59 Å². The lowest BCUT2D eigenvalue weighted by Crippen LogP contribution is -2.43. The first-order valence-electron chi connectivity index (χ1n) is 9.37. The summed E-state index contributed by atoms with van der Waals surface area (Å²) in [7, 11) is -2.14. The van der Waals surface area contributed by atoms with Gasteiger partial charge in [0, 0.05) is 5.02 Å². The zero-order chi connectivity index (χ0) is 21.9. The molecule has 28 heavy (non-hydrogen) atoms. The van der Waals surface area contributed by atoms with E-state index in [1.807, 2.05) is 19.6 Å². The minimum Gasteiger partial charge on any atom is -0.459 e. The van der Waals surface area contributed by atoms with Crippen molar-refractivity contribution < 1.29 is 23.5 Å². The second-order valence-electron chi connectivity index (χ2n) is 9.75. The van der Waals surface area contributed by atoms with Crippen LogP contribution in [0.2, 0.25) is 24.7 Å². The third-order valence-corrected chi connectivity index (χ3v) is 4.52. The molecule has 0 saturated heterocycles. The SMILES string of the molecule is CC(C)(C)OC(=O)C(C(=O)OC(C)(C)C)C(O[Si](C)(C)C)c1ccc(Cl)cc1. The zero-order valence-corrected chi connectivity index (χ0v) is 20.1. The molecule has 0 aliphatic carbocycles. The van der Waals surface area contributed by atoms with Crippen molar-refractivity contribution in [1.29, 1.82) is 0 Å². The van der Waals surface area contributed by atoms with E-state index in [4.69, 9.17) is 25.5 Å². The molecule has 1 atom stereocenters. The minimum atomic E-state index is -2.14. The lowest BCUT2D eigenvalue weighted by atomic mass is 9.95. The van der Waals surface area contributed by atoms with Crippen molar-refractivity contribution in [3.63, 3.8) is 0 Å². The van der Waals surface area contributed by atoms with Gasteiger partial charge >= 0.3 is 11.9 Å². The van der Waals surface area contributed by atoms with Crippen LogP contribution in [0.4, 0.5) is 0 Å². The van der Waals surface area contributed by atoms with E-state index in [1.165, 1.54) is 0 Å². The molecule has 0 radical (unpaired) electrons. The van der Waals surface area contributed by atoms with Gasteiger partial charge in [0.2, 0.25) is 0 Å². The largest absolute Gasteiger partial charge is 0.459 e. The first-order valence-corrected chi connectivity index (χ1v) is 13.2. The van der Waals surface area contributed by atoms with E-state index in [2.05, 4.69) is 0 Å². The summed E-state index contributed by atoms with van der Waals surface area (Å²) in [6, 6.07) is 6.93. The number of hydrogen-bond acceptors (Lipinski definition) is 5. The van der Waals surface area contributed by atoms with Crippen LogP contribution in [0.1, 0.15) is 53.2 Å². The fraction of sp³-hybridized carbons (Fsp3) is 0.619. The molecule has 0 aliphatic heterocycles. The molecule has 0 aliphatic rings. The van der Waals surface area contributed by atoms with E-state index in [0.717, 1.165) is 0 Å². The Morgan fingerprint density at radius 2 is 1.25 bits per heavy atom. The van der Waals surface area contributed by atoms with Gasteiger partial charge in [0.25, 0.3) is 0 Å². The molecule has 0 fully saturated rings. The Balaban J connectivity index is 3.44. The van der Waals surface area contributed by atoms with E-state index < -0.39 is 43.5 Å². The molecule has 0 saturated carbocycles. The van der Waals surface area contributed by atoms with Crippen LogP contribution in [0.5, 0.6) is 0 Å². The number of carbonyl (C=O) groups excluding carboxylic acids is 2. The number of hydrogen-bond donors (Lipinski definition) is 0. The lowest BCUT2D eigenvalue weighted by molar-refractivity contribution is -0.179. The molecule has 0 N–H and O–H groups in total. The molecule has 1 aromatic carbocycles. The second-order valence-corrected chi connectivity index (χ2v) is 14.6. The van der Waals surface area contributed by atoms with Gasteiger partial charge in [-0.25, -0.2) is 0 Å². The topological polar surface area (TPSA) is 61.8 Å². The van der Waals surface area contributed by atoms with Crippen LogP contribution in [0.15, 0.2) is 24.3 Å². The first-order chi connectivity index (χ1) is 12.5. The molecule has 1 unspecified atom stereocenters. The van der Waals surface area contributed by atoms with Crippen LogP contribution in [0.25, 0.3) is 0 Å². The summed E-state index contributed by atoms with van der Waals surface area (Å²) in [6.45, 7) is 16.5. The van der Waals surface area contributed by atoms with Crippen LogP contribution in [0, 0.1) is 5.92 Å². The van der Waals surface area contributed by atoms with Gasteiger partial charge in [0.1, 0.15) is 11.2 Å². The normalized spacial score (nSPS) is 14.0. The number of rotatable bonds is 6. The van der Waals surface area contributed by atoms with Crippen LogP contribution in [-0.2, 0) is 23.5 Å². The minimum absolute atomic E-state index is 0.557. The van der Waals surface area contributed by atoms with E-state index in [0.29, 0.717) is 10.6 Å². The summed E-state index contributed by atoms with van der Waals surface area (Å²) < 4.78 is 17.4. The Labute approximate surface area is 174 Å². The molecule has 158 valence electrons. The average Bonchev–Trinajstić information content (AvgIpc) is 2.42. The Morgan fingerprint density at radius 3 is 1.57 bits per heavy atom. The number of benzene rings is 1. The van der Waals surface area contributed by atoms with Crippen molar-refractivity contribution in [2.45, 2.75) is 78.5 Å². The second kappa shape index (κ2) is 8.97. The van der Waals surface area contributed by atoms with Crippen LogP contribution < -0.4 is 0 Å². The van der Waals surface area contributed by atoms with Crippen molar-refractivity contribution in [3.05, 3.63) is 34.9 Å². The van der Waals surface area contributed by atoms with E-state index in [9.17, 15) is 9.59 Å². The molecule has 7 heteroatoms. The molecule has 0 amide bonds. The lowest BCUT2D eigenvalue weighted by Gasteiger charge is -2.33. The monoisotopic (exact) mass is 428 g/mol. The quantitative estimate of drug-likeness (QED) is 0.338. The van der Waals surface area contributed by atoms with Crippen LogP contribution >= 0.6 is 11.6 Å². The van der Waals surface area contributed by atoms with Crippen molar-refractivity contribution in [2.24, 2.45) is 5.92 Å². The maximum absolute atomic E-state index is 13.0. The highest BCUT2D eigenvalue weighted by Gasteiger charge is 2.43. The number of ether oxygens (including phenoxy) is 2. The Bertz CT molecular complexity index is 653. The predicted octanol–water partition coefficient (Wildman–Crippen LogP) is 5.53. The van der Waals surface area contributed by atoms with E-state index >= 15 is 0 Å². The highest BCUT2D eigenvalue weighted by atomic mass is 35.5. The van der Waals surface area contributed by atoms with Gasteiger partial charge in [0.05, 0.1) is 6.10 Å². The maximum Gasteiger partial charge on any atom is 0.323 e. The molecule has 5 nitrogen and oxygen atoms in total. The standard InChI is InChI=1S/C21H33ClO5Si/c1-20(2,3)25-18(23)16(19(24)26-21(4,5)6)17(27-28(7,8)9)14-10-12-15(22)13-11-14/h10-13,16-17H,1-9H3. The molecular formula is C21H33ClO5Si. The highest BCUT2D eigenvalue weighted by Crippen LogP contribution is 2.34. The number of esters is 2. The third kappa shape index (κ3) is 8.75. The molecule has 0 aromatic heterocycles. The summed E-state index contributed by atoms with van der Waals surface area (Å²) in [5.41, 5.74) is -0.823. The van der Waals surface area contributed by atoms with E-state index in [-0.39, 0.29) is 0 Å². The molecule has 0 spiro atoms. The van der Waals surface area contributed by atoms with Gasteiger partial charge in [-0.15, -0.1) is 0 Å².